The van der Waals surface area contributed by atoms with Crippen LogP contribution in [0.5, 0.6) is 0 Å². The third kappa shape index (κ3) is 3.35. The van der Waals surface area contributed by atoms with Gasteiger partial charge in [-0.1, -0.05) is 5.92 Å². The van der Waals surface area contributed by atoms with Crippen molar-refractivity contribution in [1.82, 2.24) is 9.78 Å². The zero-order valence-corrected chi connectivity index (χ0v) is 13.7. The van der Waals surface area contributed by atoms with Gasteiger partial charge >= 0.3 is 13.3 Å². The molecule has 0 aliphatic carbocycles. The van der Waals surface area contributed by atoms with Crippen molar-refractivity contribution in [3.8, 4) is 12.3 Å². The second kappa shape index (κ2) is 5.94. The lowest BCUT2D eigenvalue weighted by atomic mass is 9.83. The lowest BCUT2D eigenvalue weighted by Gasteiger charge is -2.32. The molecule has 0 atom stereocenters. The van der Waals surface area contributed by atoms with E-state index in [-0.39, 0.29) is 6.54 Å². The summed E-state index contributed by atoms with van der Waals surface area (Å²) in [6, 6.07) is 0. The molecule has 4 nitrogen and oxygen atoms in total. The zero-order valence-electron chi connectivity index (χ0n) is 13.7. The van der Waals surface area contributed by atoms with Crippen LogP contribution in [0, 0.1) is 12.3 Å². The summed E-state index contributed by atoms with van der Waals surface area (Å²) in [5.41, 5.74) is -5.38. The van der Waals surface area contributed by atoms with E-state index in [1.54, 1.807) is 27.7 Å². The van der Waals surface area contributed by atoms with Crippen LogP contribution in [0.4, 0.5) is 17.6 Å². The van der Waals surface area contributed by atoms with Gasteiger partial charge in [-0.05, 0) is 27.7 Å². The highest BCUT2D eigenvalue weighted by molar-refractivity contribution is 6.55. The second-order valence-corrected chi connectivity index (χ2v) is 6.44. The molecular weight excluding hydrogens is 327 g/mol. The standard InChI is InChI=1S/C15H17BF4N2O2/c1-6-7-22-9-10(8-21-22)11(15(18,19)20)12(17)16-23-13(2,3)14(4,5)24-16/h1,8-9H,7H2,2-5H3. The Morgan fingerprint density at radius 1 is 1.29 bits per heavy atom. The number of aromatic nitrogens is 2. The molecule has 1 fully saturated rings. The quantitative estimate of drug-likeness (QED) is 0.479. The van der Waals surface area contributed by atoms with Crippen LogP contribution in [0.15, 0.2) is 18.1 Å². The Labute approximate surface area is 138 Å². The van der Waals surface area contributed by atoms with Crippen molar-refractivity contribution in [2.45, 2.75) is 51.6 Å². The summed E-state index contributed by atoms with van der Waals surface area (Å²) in [7, 11) is -1.75. The predicted molar refractivity (Wildman–Crippen MR) is 81.2 cm³/mol. The van der Waals surface area contributed by atoms with E-state index in [2.05, 4.69) is 11.0 Å². The van der Waals surface area contributed by atoms with Crippen LogP contribution in [0.1, 0.15) is 33.3 Å². The van der Waals surface area contributed by atoms with Crippen molar-refractivity contribution in [3.05, 3.63) is 23.7 Å². The van der Waals surface area contributed by atoms with Gasteiger partial charge in [0.05, 0.1) is 23.0 Å². The van der Waals surface area contributed by atoms with Gasteiger partial charge in [0.15, 0.2) is 0 Å². The monoisotopic (exact) mass is 344 g/mol. The lowest BCUT2D eigenvalue weighted by molar-refractivity contribution is -0.0699. The number of halogens is 4. The van der Waals surface area contributed by atoms with E-state index in [0.717, 1.165) is 17.1 Å². The Hall–Kier alpha value is -1.79. The molecule has 9 heteroatoms. The van der Waals surface area contributed by atoms with Gasteiger partial charge in [0, 0.05) is 11.8 Å². The molecule has 1 saturated heterocycles. The minimum Gasteiger partial charge on any atom is -0.398 e. The molecule has 0 saturated carbocycles. The van der Waals surface area contributed by atoms with Crippen molar-refractivity contribution in [3.63, 3.8) is 0 Å². The fourth-order valence-electron chi connectivity index (χ4n) is 2.17. The molecule has 0 unspecified atom stereocenters. The largest absolute Gasteiger partial charge is 0.525 e. The van der Waals surface area contributed by atoms with E-state index in [1.807, 2.05) is 0 Å². The van der Waals surface area contributed by atoms with Crippen molar-refractivity contribution in [2.75, 3.05) is 0 Å². The van der Waals surface area contributed by atoms with E-state index >= 15 is 0 Å². The highest BCUT2D eigenvalue weighted by atomic mass is 19.4. The minimum absolute atomic E-state index is 0.0246. The highest BCUT2D eigenvalue weighted by Crippen LogP contribution is 2.43. The molecule has 2 rings (SSSR count). The van der Waals surface area contributed by atoms with Crippen molar-refractivity contribution >= 4 is 12.7 Å². The average Bonchev–Trinajstić information content (AvgIpc) is 2.92. The molecule has 1 aromatic rings. The molecule has 1 aliphatic rings. The fourth-order valence-corrected chi connectivity index (χ4v) is 2.17. The van der Waals surface area contributed by atoms with Crippen molar-refractivity contribution in [1.29, 1.82) is 0 Å². The van der Waals surface area contributed by atoms with E-state index in [9.17, 15) is 17.6 Å². The van der Waals surface area contributed by atoms with Crippen LogP contribution in [-0.4, -0.2) is 34.3 Å². The van der Waals surface area contributed by atoms with Gasteiger partial charge in [0.2, 0.25) is 0 Å². The molecule has 130 valence electrons. The summed E-state index contributed by atoms with van der Waals surface area (Å²) in [5, 5.41) is 3.70. The SMILES string of the molecule is C#CCn1cc(C(=C(F)B2OC(C)(C)C(C)(C)O2)C(F)(F)F)cn1. The van der Waals surface area contributed by atoms with Gasteiger partial charge in [-0.25, -0.2) is 4.39 Å². The smallest absolute Gasteiger partial charge is 0.398 e. The second-order valence-electron chi connectivity index (χ2n) is 6.44. The number of terminal acetylenes is 1. The Balaban J connectivity index is 2.47. The predicted octanol–water partition coefficient (Wildman–Crippen LogP) is 3.39. The summed E-state index contributed by atoms with van der Waals surface area (Å²) < 4.78 is 66.7. The summed E-state index contributed by atoms with van der Waals surface area (Å²) in [6.45, 7) is 6.47. The maximum atomic E-state index is 14.7. The number of hydrogen-bond acceptors (Lipinski definition) is 3. The summed E-state index contributed by atoms with van der Waals surface area (Å²) >= 11 is 0. The Kier molecular flexibility index (Phi) is 4.59. The third-order valence-electron chi connectivity index (χ3n) is 4.16. The van der Waals surface area contributed by atoms with Crippen molar-refractivity contribution in [2.24, 2.45) is 0 Å². The topological polar surface area (TPSA) is 36.3 Å². The summed E-state index contributed by atoms with van der Waals surface area (Å²) in [5.74, 6) is 2.24. The normalized spacial score (nSPS) is 20.7. The molecular formula is C15H17BF4N2O2. The molecule has 1 aromatic heterocycles. The van der Waals surface area contributed by atoms with Crippen LogP contribution in [0.25, 0.3) is 5.57 Å². The molecule has 1 aliphatic heterocycles. The number of alkyl halides is 3. The van der Waals surface area contributed by atoms with Crippen LogP contribution < -0.4 is 0 Å². The van der Waals surface area contributed by atoms with Gasteiger partial charge in [0.25, 0.3) is 0 Å². The molecule has 0 amide bonds. The van der Waals surface area contributed by atoms with Crippen LogP contribution in [0.3, 0.4) is 0 Å². The first-order chi connectivity index (χ1) is 10.9. The van der Waals surface area contributed by atoms with Gasteiger partial charge < -0.3 is 9.31 Å². The molecule has 0 radical (unpaired) electrons. The van der Waals surface area contributed by atoms with Crippen LogP contribution >= 0.6 is 0 Å². The number of allylic oxidation sites excluding steroid dienone is 1. The maximum absolute atomic E-state index is 14.7. The number of rotatable bonds is 3. The summed E-state index contributed by atoms with van der Waals surface area (Å²) in [4.78, 5) is 0. The Bertz CT molecular complexity index is 685. The van der Waals surface area contributed by atoms with Crippen LogP contribution in [0.2, 0.25) is 0 Å². The highest BCUT2D eigenvalue weighted by Gasteiger charge is 2.55. The van der Waals surface area contributed by atoms with E-state index in [4.69, 9.17) is 15.7 Å². The first-order valence-electron chi connectivity index (χ1n) is 7.18. The summed E-state index contributed by atoms with van der Waals surface area (Å²) in [6.07, 6.45) is 2.09. The van der Waals surface area contributed by atoms with Gasteiger partial charge in [0.1, 0.15) is 12.3 Å². The molecule has 2 heterocycles. The zero-order chi connectivity index (χ0) is 18.3. The number of hydrogen-bond donors (Lipinski definition) is 0. The first-order valence-corrected chi connectivity index (χ1v) is 7.18. The van der Waals surface area contributed by atoms with Crippen LogP contribution in [-0.2, 0) is 15.9 Å². The molecule has 0 spiro atoms. The van der Waals surface area contributed by atoms with E-state index < -0.39 is 41.4 Å². The van der Waals surface area contributed by atoms with E-state index in [1.165, 1.54) is 0 Å². The van der Waals surface area contributed by atoms with Gasteiger partial charge in [-0.3, -0.25) is 4.68 Å². The van der Waals surface area contributed by atoms with Gasteiger partial charge in [-0.15, -0.1) is 6.42 Å². The van der Waals surface area contributed by atoms with Crippen molar-refractivity contribution < 1.29 is 26.9 Å². The molecule has 0 N–H and O–H groups in total. The third-order valence-corrected chi connectivity index (χ3v) is 4.16. The lowest BCUT2D eigenvalue weighted by Crippen LogP contribution is -2.41. The molecule has 24 heavy (non-hydrogen) atoms. The fraction of sp³-hybridized carbons (Fsp3) is 0.533. The Morgan fingerprint density at radius 3 is 2.29 bits per heavy atom. The first kappa shape index (κ1) is 18.6. The minimum atomic E-state index is -4.95. The van der Waals surface area contributed by atoms with Gasteiger partial charge in [-0.2, -0.15) is 18.3 Å². The number of nitrogens with zero attached hydrogens (tertiary/aromatic N) is 2. The molecule has 0 aromatic carbocycles. The average molecular weight is 344 g/mol. The Morgan fingerprint density at radius 2 is 1.83 bits per heavy atom. The van der Waals surface area contributed by atoms with E-state index in [0.29, 0.717) is 0 Å². The maximum Gasteiger partial charge on any atom is 0.525 e. The molecule has 0 bridgehead atoms.